The largest absolute Gasteiger partial charge is 0.508 e. The fourth-order valence-corrected chi connectivity index (χ4v) is 2.10. The van der Waals surface area contributed by atoms with Crippen molar-refractivity contribution in [1.29, 1.82) is 0 Å². The molecule has 2 aromatic carbocycles. The second-order valence-electron chi connectivity index (χ2n) is 4.58. The summed E-state index contributed by atoms with van der Waals surface area (Å²) in [5.41, 5.74) is 1.95. The number of phenols is 2. The van der Waals surface area contributed by atoms with Crippen molar-refractivity contribution >= 4 is 0 Å². The van der Waals surface area contributed by atoms with E-state index >= 15 is 0 Å². The van der Waals surface area contributed by atoms with Gasteiger partial charge in [-0.05, 0) is 48.2 Å². The van der Waals surface area contributed by atoms with Gasteiger partial charge in [0.25, 0.3) is 0 Å². The lowest BCUT2D eigenvalue weighted by Crippen LogP contribution is -1.94. The minimum absolute atomic E-state index is 0.0724. The summed E-state index contributed by atoms with van der Waals surface area (Å²) in [5.74, 6) is 1.64. The highest BCUT2D eigenvalue weighted by Crippen LogP contribution is 2.25. The van der Waals surface area contributed by atoms with Gasteiger partial charge >= 0.3 is 0 Å². The Hall–Kier alpha value is -2.36. The van der Waals surface area contributed by atoms with E-state index in [4.69, 9.17) is 9.47 Å². The predicted molar refractivity (Wildman–Crippen MR) is 76.7 cm³/mol. The quantitative estimate of drug-likeness (QED) is 0.880. The highest BCUT2D eigenvalue weighted by molar-refractivity contribution is 5.40. The monoisotopic (exact) mass is 274 g/mol. The molecule has 0 radical (unpaired) electrons. The summed E-state index contributed by atoms with van der Waals surface area (Å²) in [5, 5.41) is 18.9. The highest BCUT2D eigenvalue weighted by Gasteiger charge is 2.04. The summed E-state index contributed by atoms with van der Waals surface area (Å²) in [6, 6.07) is 10.3. The van der Waals surface area contributed by atoms with Crippen molar-refractivity contribution in [2.45, 2.75) is 12.8 Å². The minimum atomic E-state index is 0.0724. The van der Waals surface area contributed by atoms with Crippen LogP contribution < -0.4 is 9.47 Å². The van der Waals surface area contributed by atoms with Gasteiger partial charge in [-0.15, -0.1) is 0 Å². The molecule has 0 atom stereocenters. The Bertz CT molecular complexity index is 551. The smallest absolute Gasteiger partial charge is 0.122 e. The molecule has 2 rings (SSSR count). The molecule has 0 saturated carbocycles. The van der Waals surface area contributed by atoms with Gasteiger partial charge in [-0.3, -0.25) is 0 Å². The Kier molecular flexibility index (Phi) is 4.35. The average Bonchev–Trinajstić information content (AvgIpc) is 2.43. The van der Waals surface area contributed by atoms with Crippen LogP contribution >= 0.6 is 0 Å². The summed E-state index contributed by atoms with van der Waals surface area (Å²) in [6.45, 7) is 0. The zero-order valence-electron chi connectivity index (χ0n) is 11.6. The van der Waals surface area contributed by atoms with Crippen molar-refractivity contribution in [3.8, 4) is 23.0 Å². The maximum Gasteiger partial charge on any atom is 0.122 e. The van der Waals surface area contributed by atoms with Gasteiger partial charge in [0, 0.05) is 12.1 Å². The molecular weight excluding hydrogens is 256 g/mol. The number of hydrogen-bond donors (Lipinski definition) is 2. The van der Waals surface area contributed by atoms with Crippen molar-refractivity contribution in [2.75, 3.05) is 14.2 Å². The summed E-state index contributed by atoms with van der Waals surface area (Å²) in [7, 11) is 3.23. The summed E-state index contributed by atoms with van der Waals surface area (Å²) in [4.78, 5) is 0. The molecule has 4 heteroatoms. The molecule has 0 aromatic heterocycles. The van der Waals surface area contributed by atoms with E-state index in [1.54, 1.807) is 26.4 Å². The number of benzene rings is 2. The van der Waals surface area contributed by atoms with Gasteiger partial charge in [-0.2, -0.15) is 0 Å². The van der Waals surface area contributed by atoms with E-state index in [0.29, 0.717) is 6.42 Å². The molecule has 0 fully saturated rings. The lowest BCUT2D eigenvalue weighted by molar-refractivity contribution is 0.393. The van der Waals surface area contributed by atoms with Crippen LogP contribution in [-0.2, 0) is 12.8 Å². The van der Waals surface area contributed by atoms with Crippen LogP contribution in [0, 0.1) is 0 Å². The molecule has 4 nitrogen and oxygen atoms in total. The van der Waals surface area contributed by atoms with Crippen LogP contribution in [0.1, 0.15) is 11.1 Å². The minimum Gasteiger partial charge on any atom is -0.508 e. The van der Waals surface area contributed by atoms with Gasteiger partial charge in [0.15, 0.2) is 0 Å². The summed E-state index contributed by atoms with van der Waals surface area (Å²) in [6.07, 6.45) is 1.47. The molecule has 0 aliphatic carbocycles. The molecular formula is C16H18O4. The molecule has 0 heterocycles. The van der Waals surface area contributed by atoms with Crippen molar-refractivity contribution in [2.24, 2.45) is 0 Å². The fraction of sp³-hybridized carbons (Fsp3) is 0.250. The lowest BCUT2D eigenvalue weighted by atomic mass is 10.0. The van der Waals surface area contributed by atoms with E-state index in [-0.39, 0.29) is 11.5 Å². The van der Waals surface area contributed by atoms with Crippen LogP contribution in [0.4, 0.5) is 0 Å². The third-order valence-corrected chi connectivity index (χ3v) is 3.08. The van der Waals surface area contributed by atoms with Crippen LogP contribution in [0.2, 0.25) is 0 Å². The summed E-state index contributed by atoms with van der Waals surface area (Å²) >= 11 is 0. The highest BCUT2D eigenvalue weighted by atomic mass is 16.5. The van der Waals surface area contributed by atoms with Gasteiger partial charge in [0.2, 0.25) is 0 Å². The van der Waals surface area contributed by atoms with Crippen molar-refractivity contribution in [3.63, 3.8) is 0 Å². The van der Waals surface area contributed by atoms with Gasteiger partial charge in [0.1, 0.15) is 23.0 Å². The third kappa shape index (κ3) is 3.57. The first kappa shape index (κ1) is 14.1. The second kappa shape index (κ2) is 6.19. The van der Waals surface area contributed by atoms with Gasteiger partial charge in [0.05, 0.1) is 14.2 Å². The maximum absolute atomic E-state index is 9.46. The van der Waals surface area contributed by atoms with Crippen LogP contribution in [0.5, 0.6) is 23.0 Å². The number of aromatic hydroxyl groups is 2. The molecule has 2 N–H and O–H groups in total. The Morgan fingerprint density at radius 1 is 0.700 bits per heavy atom. The Labute approximate surface area is 118 Å². The van der Waals surface area contributed by atoms with Crippen LogP contribution in [0.3, 0.4) is 0 Å². The fourth-order valence-electron chi connectivity index (χ4n) is 2.10. The number of rotatable bonds is 5. The van der Waals surface area contributed by atoms with Crippen LogP contribution in [0.15, 0.2) is 36.4 Å². The maximum atomic E-state index is 9.46. The molecule has 0 spiro atoms. The number of hydrogen-bond acceptors (Lipinski definition) is 4. The molecule has 0 aliphatic heterocycles. The molecule has 0 unspecified atom stereocenters. The van der Waals surface area contributed by atoms with Crippen molar-refractivity contribution in [3.05, 3.63) is 47.5 Å². The molecule has 0 saturated heterocycles. The van der Waals surface area contributed by atoms with Gasteiger partial charge in [-0.1, -0.05) is 0 Å². The molecule has 20 heavy (non-hydrogen) atoms. The van der Waals surface area contributed by atoms with Gasteiger partial charge in [-0.25, -0.2) is 0 Å². The number of ether oxygens (including phenoxy) is 2. The first-order valence-corrected chi connectivity index (χ1v) is 6.34. The Morgan fingerprint density at radius 2 is 1.15 bits per heavy atom. The number of aryl methyl sites for hydroxylation is 2. The van der Waals surface area contributed by atoms with E-state index in [1.807, 2.05) is 18.2 Å². The Balaban J connectivity index is 2.13. The zero-order chi connectivity index (χ0) is 14.5. The lowest BCUT2D eigenvalue weighted by Gasteiger charge is -2.09. The molecule has 2 aromatic rings. The van der Waals surface area contributed by atoms with Gasteiger partial charge < -0.3 is 19.7 Å². The number of phenolic OH excluding ortho intramolecular Hbond substituents is 2. The van der Waals surface area contributed by atoms with Crippen molar-refractivity contribution in [1.82, 2.24) is 0 Å². The standard InChI is InChI=1S/C16H18O4/c1-19-15-7-12(8-16(10-15)20-2)4-3-11-5-13(17)9-14(18)6-11/h5-10,17-18H,3-4H2,1-2H3. The third-order valence-electron chi connectivity index (χ3n) is 3.08. The van der Waals surface area contributed by atoms with Crippen molar-refractivity contribution < 1.29 is 19.7 Å². The molecule has 0 aliphatic rings. The topological polar surface area (TPSA) is 58.9 Å². The number of methoxy groups -OCH3 is 2. The van der Waals surface area contributed by atoms with E-state index in [9.17, 15) is 10.2 Å². The molecule has 106 valence electrons. The molecule has 0 bridgehead atoms. The van der Waals surface area contributed by atoms with E-state index in [0.717, 1.165) is 29.0 Å². The summed E-state index contributed by atoms with van der Waals surface area (Å²) < 4.78 is 10.5. The first-order valence-electron chi connectivity index (χ1n) is 6.34. The SMILES string of the molecule is COc1cc(CCc2cc(O)cc(O)c2)cc(OC)c1. The van der Waals surface area contributed by atoms with E-state index in [1.165, 1.54) is 6.07 Å². The second-order valence-corrected chi connectivity index (χ2v) is 4.58. The zero-order valence-corrected chi connectivity index (χ0v) is 11.6. The molecule has 0 amide bonds. The Morgan fingerprint density at radius 3 is 1.60 bits per heavy atom. The van der Waals surface area contributed by atoms with Crippen LogP contribution in [0.25, 0.3) is 0 Å². The first-order chi connectivity index (χ1) is 9.60. The predicted octanol–water partition coefficient (Wildman–Crippen LogP) is 2.90. The van der Waals surface area contributed by atoms with E-state index in [2.05, 4.69) is 0 Å². The normalized spacial score (nSPS) is 10.3. The average molecular weight is 274 g/mol. The van der Waals surface area contributed by atoms with Crippen LogP contribution in [-0.4, -0.2) is 24.4 Å². The van der Waals surface area contributed by atoms with E-state index < -0.39 is 0 Å².